The second kappa shape index (κ2) is 9.48. The highest BCUT2D eigenvalue weighted by Crippen LogP contribution is 2.54. The minimum Gasteiger partial charge on any atom is -0.477 e. The Labute approximate surface area is 238 Å². The molecular weight excluding hydrogens is 522 g/mol. The summed E-state index contributed by atoms with van der Waals surface area (Å²) in [4.78, 5) is 18.2. The van der Waals surface area contributed by atoms with Crippen molar-refractivity contribution in [3.05, 3.63) is 81.2 Å². The van der Waals surface area contributed by atoms with Gasteiger partial charge >= 0.3 is 5.97 Å². The second-order valence-corrected chi connectivity index (χ2v) is 12.4. The average molecular weight is 554 g/mol. The molecule has 0 bridgehead atoms. The predicted octanol–water partition coefficient (Wildman–Crippen LogP) is 8.20. The number of carbonyl (C=O) groups is 1. The summed E-state index contributed by atoms with van der Waals surface area (Å²) < 4.78 is 5.92. The zero-order valence-corrected chi connectivity index (χ0v) is 23.6. The molecule has 6 nitrogen and oxygen atoms in total. The van der Waals surface area contributed by atoms with Crippen LogP contribution in [0.1, 0.15) is 77.4 Å². The number of aromatic nitrogens is 2. The first-order chi connectivity index (χ1) is 19.3. The van der Waals surface area contributed by atoms with Crippen LogP contribution in [0.5, 0.6) is 0 Å². The first-order valence-electron chi connectivity index (χ1n) is 14.1. The molecule has 2 aliphatic carbocycles. The molecule has 204 valence electrons. The summed E-state index contributed by atoms with van der Waals surface area (Å²) in [5, 5.41) is 15.6. The number of pyridine rings is 1. The lowest BCUT2D eigenvalue weighted by molar-refractivity contribution is 0.0691. The Bertz CT molecular complexity index is 1660. The molecule has 2 aromatic heterocycles. The Morgan fingerprint density at radius 3 is 2.58 bits per heavy atom. The van der Waals surface area contributed by atoms with E-state index in [-0.39, 0.29) is 5.69 Å². The summed E-state index contributed by atoms with van der Waals surface area (Å²) in [6.07, 6.45) is 9.24. The summed E-state index contributed by atoms with van der Waals surface area (Å²) in [7, 11) is 0. The number of aromatic carboxylic acids is 1. The SMILES string of the molecule is Cc1cccc(Cl)c1-c1noc(C2CC2)c1C=C1CC2(CCN(c3ccc4nc(C(=O)O)cc(C)c4c3)CC2)C1. The molecule has 7 rings (SSSR count). The third-order valence-corrected chi connectivity index (χ3v) is 9.44. The fourth-order valence-electron chi connectivity index (χ4n) is 6.70. The second-order valence-electron chi connectivity index (χ2n) is 12.0. The number of benzene rings is 2. The Morgan fingerprint density at radius 2 is 1.88 bits per heavy atom. The minimum atomic E-state index is -0.993. The van der Waals surface area contributed by atoms with Gasteiger partial charge < -0.3 is 14.5 Å². The first-order valence-corrected chi connectivity index (χ1v) is 14.5. The van der Waals surface area contributed by atoms with Crippen molar-refractivity contribution in [1.82, 2.24) is 10.1 Å². The molecule has 3 heterocycles. The quantitative estimate of drug-likeness (QED) is 0.268. The topological polar surface area (TPSA) is 79.5 Å². The lowest BCUT2D eigenvalue weighted by atomic mass is 9.60. The van der Waals surface area contributed by atoms with Gasteiger partial charge in [0.1, 0.15) is 17.1 Å². The van der Waals surface area contributed by atoms with Gasteiger partial charge in [-0.15, -0.1) is 0 Å². The maximum Gasteiger partial charge on any atom is 0.354 e. The van der Waals surface area contributed by atoms with Crippen LogP contribution < -0.4 is 4.90 Å². The summed E-state index contributed by atoms with van der Waals surface area (Å²) in [5.41, 5.74) is 8.90. The highest BCUT2D eigenvalue weighted by Gasteiger charge is 2.43. The van der Waals surface area contributed by atoms with Crippen LogP contribution in [0.25, 0.3) is 28.2 Å². The normalized spacial score (nSPS) is 18.3. The summed E-state index contributed by atoms with van der Waals surface area (Å²) >= 11 is 6.63. The zero-order valence-electron chi connectivity index (χ0n) is 22.8. The molecule has 7 heteroatoms. The van der Waals surface area contributed by atoms with Crippen LogP contribution in [-0.4, -0.2) is 34.3 Å². The van der Waals surface area contributed by atoms with Crippen molar-refractivity contribution in [1.29, 1.82) is 0 Å². The maximum atomic E-state index is 11.4. The molecule has 4 aromatic rings. The average Bonchev–Trinajstić information content (AvgIpc) is 3.69. The molecule has 0 radical (unpaired) electrons. The van der Waals surface area contributed by atoms with E-state index in [0.717, 1.165) is 101 Å². The molecular formula is C33H32ClN3O3. The number of halogens is 1. The lowest BCUT2D eigenvalue weighted by Gasteiger charge is -2.50. The van der Waals surface area contributed by atoms with E-state index in [4.69, 9.17) is 16.1 Å². The van der Waals surface area contributed by atoms with E-state index in [9.17, 15) is 9.90 Å². The van der Waals surface area contributed by atoms with Crippen LogP contribution in [0.3, 0.4) is 0 Å². The van der Waals surface area contributed by atoms with Crippen molar-refractivity contribution in [3.63, 3.8) is 0 Å². The molecule has 3 fully saturated rings. The Kier molecular flexibility index (Phi) is 6.00. The minimum absolute atomic E-state index is 0.0936. The fraction of sp³-hybridized carbons (Fsp3) is 0.364. The molecule has 3 aliphatic rings. The molecule has 1 spiro atoms. The van der Waals surface area contributed by atoms with Gasteiger partial charge in [0, 0.05) is 41.2 Å². The predicted molar refractivity (Wildman–Crippen MR) is 158 cm³/mol. The number of anilines is 1. The summed E-state index contributed by atoms with van der Waals surface area (Å²) in [6, 6.07) is 13.8. The highest BCUT2D eigenvalue weighted by atomic mass is 35.5. The molecule has 1 N–H and O–H groups in total. The lowest BCUT2D eigenvalue weighted by Crippen LogP contribution is -2.44. The van der Waals surface area contributed by atoms with Gasteiger partial charge in [-0.25, -0.2) is 9.78 Å². The van der Waals surface area contributed by atoms with Gasteiger partial charge in [0.05, 0.1) is 10.5 Å². The number of carboxylic acid groups (broad SMARTS) is 1. The number of fused-ring (bicyclic) bond motifs is 1. The van der Waals surface area contributed by atoms with E-state index in [1.165, 1.54) is 11.3 Å². The van der Waals surface area contributed by atoms with Crippen LogP contribution in [0, 0.1) is 19.3 Å². The molecule has 2 saturated carbocycles. The number of allylic oxidation sites excluding steroid dienone is 1. The Morgan fingerprint density at radius 1 is 1.10 bits per heavy atom. The van der Waals surface area contributed by atoms with Crippen molar-refractivity contribution in [2.75, 3.05) is 18.0 Å². The summed E-state index contributed by atoms with van der Waals surface area (Å²) in [5.74, 6) is 0.506. The van der Waals surface area contributed by atoms with E-state index < -0.39 is 5.97 Å². The molecule has 0 atom stereocenters. The fourth-order valence-corrected chi connectivity index (χ4v) is 7.01. The van der Waals surface area contributed by atoms with Crippen molar-refractivity contribution < 1.29 is 14.4 Å². The Balaban J connectivity index is 1.08. The van der Waals surface area contributed by atoms with E-state index in [1.54, 1.807) is 6.07 Å². The van der Waals surface area contributed by atoms with Crippen molar-refractivity contribution in [3.8, 4) is 11.3 Å². The third kappa shape index (κ3) is 4.39. The number of carboxylic acids is 1. The van der Waals surface area contributed by atoms with E-state index in [0.29, 0.717) is 11.3 Å². The number of hydrogen-bond acceptors (Lipinski definition) is 5. The van der Waals surface area contributed by atoms with Crippen molar-refractivity contribution in [2.45, 2.75) is 58.3 Å². The smallest absolute Gasteiger partial charge is 0.354 e. The van der Waals surface area contributed by atoms with E-state index in [2.05, 4.69) is 46.2 Å². The van der Waals surface area contributed by atoms with Crippen LogP contribution >= 0.6 is 11.6 Å². The zero-order chi connectivity index (χ0) is 27.6. The monoisotopic (exact) mass is 553 g/mol. The molecule has 0 unspecified atom stereocenters. The van der Waals surface area contributed by atoms with Gasteiger partial charge in [-0.1, -0.05) is 34.5 Å². The van der Waals surface area contributed by atoms with Crippen LogP contribution in [0.2, 0.25) is 5.02 Å². The van der Waals surface area contributed by atoms with Crippen LogP contribution in [0.4, 0.5) is 5.69 Å². The molecule has 40 heavy (non-hydrogen) atoms. The number of nitrogens with zero attached hydrogens (tertiary/aromatic N) is 3. The van der Waals surface area contributed by atoms with Crippen molar-refractivity contribution >= 4 is 40.2 Å². The van der Waals surface area contributed by atoms with Crippen molar-refractivity contribution in [2.24, 2.45) is 5.41 Å². The van der Waals surface area contributed by atoms with Gasteiger partial charge in [-0.3, -0.25) is 0 Å². The standard InChI is InChI=1S/C33H32ClN3O3/c1-19-4-3-5-26(34)29(19)30-25(31(40-36-30)22-6-7-22)15-21-17-33(18-21)10-12-37(13-11-33)23-8-9-27-24(16-23)20(2)14-28(35-27)32(38)39/h3-5,8-9,14-16,22H,6-7,10-13,17-18H2,1-2H3,(H,38,39). The van der Waals surface area contributed by atoms with Crippen LogP contribution in [-0.2, 0) is 0 Å². The van der Waals surface area contributed by atoms with Gasteiger partial charge in [0.2, 0.25) is 0 Å². The number of hydrogen-bond donors (Lipinski definition) is 1. The molecule has 2 aromatic carbocycles. The number of rotatable bonds is 5. The van der Waals surface area contributed by atoms with Gasteiger partial charge in [-0.2, -0.15) is 0 Å². The number of aryl methyl sites for hydroxylation is 2. The number of piperidine rings is 1. The molecule has 1 saturated heterocycles. The van der Waals surface area contributed by atoms with E-state index >= 15 is 0 Å². The van der Waals surface area contributed by atoms with Gasteiger partial charge in [-0.05, 0) is 105 Å². The first kappa shape index (κ1) is 25.3. The van der Waals surface area contributed by atoms with Gasteiger partial charge in [0.15, 0.2) is 0 Å². The highest BCUT2D eigenvalue weighted by molar-refractivity contribution is 6.33. The Hall–Kier alpha value is -3.64. The summed E-state index contributed by atoms with van der Waals surface area (Å²) in [6.45, 7) is 6.07. The molecule has 1 aliphatic heterocycles. The maximum absolute atomic E-state index is 11.4. The molecule has 0 amide bonds. The third-order valence-electron chi connectivity index (χ3n) is 9.12. The van der Waals surface area contributed by atoms with Crippen LogP contribution in [0.15, 0.2) is 52.6 Å². The van der Waals surface area contributed by atoms with E-state index in [1.807, 2.05) is 25.1 Å². The van der Waals surface area contributed by atoms with Gasteiger partial charge in [0.25, 0.3) is 0 Å². The largest absolute Gasteiger partial charge is 0.477 e.